The number of nitrogen functional groups attached to an aromatic ring is 1. The van der Waals surface area contributed by atoms with Gasteiger partial charge in [-0.25, -0.2) is 4.39 Å². The molecule has 0 saturated carbocycles. The lowest BCUT2D eigenvalue weighted by atomic mass is 10.3. The number of benzene rings is 1. The summed E-state index contributed by atoms with van der Waals surface area (Å²) in [6, 6.07) is 5.98. The summed E-state index contributed by atoms with van der Waals surface area (Å²) in [6.45, 7) is 0. The van der Waals surface area contributed by atoms with Crippen LogP contribution in [0.3, 0.4) is 0 Å². The Labute approximate surface area is 79.9 Å². The zero-order valence-corrected chi connectivity index (χ0v) is 7.29. The van der Waals surface area contributed by atoms with Gasteiger partial charge in [0.15, 0.2) is 0 Å². The van der Waals surface area contributed by atoms with Crippen molar-refractivity contribution in [2.45, 2.75) is 0 Å². The molecule has 72 valence electrons. The number of hydrogen-bond donors (Lipinski definition) is 3. The van der Waals surface area contributed by atoms with Crippen LogP contribution in [0.15, 0.2) is 30.5 Å². The molecular weight excluding hydrogens is 183 g/mol. The van der Waals surface area contributed by atoms with Gasteiger partial charge < -0.3 is 11.1 Å². The first kappa shape index (κ1) is 8.55. The molecule has 1 heterocycles. The van der Waals surface area contributed by atoms with Gasteiger partial charge in [-0.05, 0) is 24.3 Å². The molecule has 0 amide bonds. The van der Waals surface area contributed by atoms with Gasteiger partial charge in [-0.2, -0.15) is 5.10 Å². The molecule has 5 heteroatoms. The summed E-state index contributed by atoms with van der Waals surface area (Å²) in [5.74, 6) is 0.338. The first-order valence-corrected chi connectivity index (χ1v) is 4.07. The number of aromatic nitrogens is 2. The maximum Gasteiger partial charge on any atom is 0.149 e. The van der Waals surface area contributed by atoms with Gasteiger partial charge in [-0.3, -0.25) is 5.10 Å². The Morgan fingerprint density at radius 3 is 2.57 bits per heavy atom. The second-order valence-corrected chi connectivity index (χ2v) is 2.83. The molecular formula is C9H9FN4. The molecule has 0 unspecified atom stereocenters. The van der Waals surface area contributed by atoms with E-state index in [0.29, 0.717) is 11.5 Å². The molecule has 2 rings (SSSR count). The van der Waals surface area contributed by atoms with Gasteiger partial charge in [-0.1, -0.05) is 0 Å². The van der Waals surface area contributed by atoms with Crippen LogP contribution < -0.4 is 11.1 Å². The molecule has 0 atom stereocenters. The highest BCUT2D eigenvalue weighted by molar-refractivity contribution is 5.67. The third kappa shape index (κ3) is 1.66. The molecule has 0 radical (unpaired) electrons. The van der Waals surface area contributed by atoms with Crippen molar-refractivity contribution in [3.8, 4) is 0 Å². The first-order chi connectivity index (χ1) is 6.75. The summed E-state index contributed by atoms with van der Waals surface area (Å²) < 4.78 is 12.6. The van der Waals surface area contributed by atoms with Crippen molar-refractivity contribution in [1.82, 2.24) is 10.2 Å². The van der Waals surface area contributed by atoms with Gasteiger partial charge in [0.2, 0.25) is 0 Å². The Bertz CT molecular complexity index is 421. The quantitative estimate of drug-likeness (QED) is 0.680. The van der Waals surface area contributed by atoms with E-state index in [2.05, 4.69) is 15.5 Å². The molecule has 4 N–H and O–H groups in total. The summed E-state index contributed by atoms with van der Waals surface area (Å²) in [6.07, 6.45) is 1.51. The van der Waals surface area contributed by atoms with E-state index in [1.54, 1.807) is 12.1 Å². The fraction of sp³-hybridized carbons (Fsp3) is 0. The molecule has 2 aromatic rings. The van der Waals surface area contributed by atoms with Crippen LogP contribution in [0.25, 0.3) is 0 Å². The van der Waals surface area contributed by atoms with Crippen LogP contribution in [0.5, 0.6) is 0 Å². The van der Waals surface area contributed by atoms with Crippen molar-refractivity contribution < 1.29 is 4.39 Å². The molecule has 1 aromatic carbocycles. The third-order valence-electron chi connectivity index (χ3n) is 1.78. The Morgan fingerprint density at radius 1 is 1.29 bits per heavy atom. The Morgan fingerprint density at radius 2 is 2.00 bits per heavy atom. The number of nitrogens with one attached hydrogen (secondary N) is 2. The lowest BCUT2D eigenvalue weighted by Crippen LogP contribution is -1.94. The van der Waals surface area contributed by atoms with Crippen LogP contribution in [0.2, 0.25) is 0 Å². The van der Waals surface area contributed by atoms with Crippen molar-refractivity contribution >= 4 is 17.2 Å². The van der Waals surface area contributed by atoms with E-state index >= 15 is 0 Å². The summed E-state index contributed by atoms with van der Waals surface area (Å²) in [4.78, 5) is 0. The highest BCUT2D eigenvalue weighted by Gasteiger charge is 2.00. The van der Waals surface area contributed by atoms with E-state index in [-0.39, 0.29) is 5.82 Å². The molecule has 0 saturated heterocycles. The van der Waals surface area contributed by atoms with Crippen molar-refractivity contribution in [2.75, 3.05) is 11.1 Å². The number of H-pyrrole nitrogens is 1. The van der Waals surface area contributed by atoms with Crippen LogP contribution in [0.1, 0.15) is 0 Å². The minimum Gasteiger partial charge on any atom is -0.394 e. The smallest absolute Gasteiger partial charge is 0.149 e. The van der Waals surface area contributed by atoms with Crippen molar-refractivity contribution in [2.24, 2.45) is 0 Å². The molecule has 0 spiro atoms. The van der Waals surface area contributed by atoms with E-state index in [9.17, 15) is 4.39 Å². The monoisotopic (exact) mass is 192 g/mol. The molecule has 0 aliphatic heterocycles. The van der Waals surface area contributed by atoms with E-state index in [4.69, 9.17) is 5.73 Å². The van der Waals surface area contributed by atoms with Crippen LogP contribution in [-0.4, -0.2) is 10.2 Å². The molecule has 0 bridgehead atoms. The van der Waals surface area contributed by atoms with Gasteiger partial charge in [0.25, 0.3) is 0 Å². The number of nitrogens with zero attached hydrogens (tertiary/aromatic N) is 1. The largest absolute Gasteiger partial charge is 0.394 e. The Hall–Kier alpha value is -2.04. The van der Waals surface area contributed by atoms with Crippen LogP contribution in [-0.2, 0) is 0 Å². The van der Waals surface area contributed by atoms with Gasteiger partial charge in [-0.15, -0.1) is 0 Å². The maximum absolute atomic E-state index is 12.6. The van der Waals surface area contributed by atoms with Crippen molar-refractivity contribution in [3.05, 3.63) is 36.3 Å². The highest BCUT2D eigenvalue weighted by atomic mass is 19.1. The summed E-state index contributed by atoms with van der Waals surface area (Å²) in [5, 5.41) is 9.41. The number of halogens is 1. The van der Waals surface area contributed by atoms with E-state index < -0.39 is 0 Å². The average Bonchev–Trinajstić information content (AvgIpc) is 2.56. The Balaban J connectivity index is 2.19. The lowest BCUT2D eigenvalue weighted by Gasteiger charge is -2.03. The fourth-order valence-corrected chi connectivity index (χ4v) is 1.07. The minimum atomic E-state index is -0.270. The molecule has 0 aliphatic rings. The molecule has 14 heavy (non-hydrogen) atoms. The van der Waals surface area contributed by atoms with Crippen LogP contribution >= 0.6 is 0 Å². The highest BCUT2D eigenvalue weighted by Crippen LogP contribution is 2.19. The maximum atomic E-state index is 12.6. The summed E-state index contributed by atoms with van der Waals surface area (Å²) in [7, 11) is 0. The van der Waals surface area contributed by atoms with Gasteiger partial charge in [0.1, 0.15) is 11.6 Å². The number of anilines is 3. The average molecular weight is 192 g/mol. The predicted molar refractivity (Wildman–Crippen MR) is 52.7 cm³/mol. The second kappa shape index (κ2) is 3.37. The number of aromatic amines is 1. The summed E-state index contributed by atoms with van der Waals surface area (Å²) >= 11 is 0. The molecule has 4 nitrogen and oxygen atoms in total. The first-order valence-electron chi connectivity index (χ1n) is 4.07. The fourth-order valence-electron chi connectivity index (χ4n) is 1.07. The standard InChI is InChI=1S/C9H9FN4/c10-6-1-3-7(4-2-6)13-9-8(11)5-12-14-9/h1-5H,11H2,(H2,12,13,14). The van der Waals surface area contributed by atoms with E-state index in [0.717, 1.165) is 5.69 Å². The van der Waals surface area contributed by atoms with E-state index in [1.807, 2.05) is 0 Å². The number of hydrogen-bond acceptors (Lipinski definition) is 3. The molecule has 0 fully saturated rings. The zero-order chi connectivity index (χ0) is 9.97. The van der Waals surface area contributed by atoms with Crippen LogP contribution in [0.4, 0.5) is 21.6 Å². The lowest BCUT2D eigenvalue weighted by molar-refractivity contribution is 0.628. The summed E-state index contributed by atoms with van der Waals surface area (Å²) in [5.41, 5.74) is 6.86. The predicted octanol–water partition coefficient (Wildman–Crippen LogP) is 1.87. The Kier molecular flexibility index (Phi) is 2.06. The van der Waals surface area contributed by atoms with Gasteiger partial charge in [0, 0.05) is 5.69 Å². The van der Waals surface area contributed by atoms with Gasteiger partial charge >= 0.3 is 0 Å². The van der Waals surface area contributed by atoms with Gasteiger partial charge in [0.05, 0.1) is 11.9 Å². The van der Waals surface area contributed by atoms with Crippen molar-refractivity contribution in [1.29, 1.82) is 0 Å². The third-order valence-corrected chi connectivity index (χ3v) is 1.78. The van der Waals surface area contributed by atoms with E-state index in [1.165, 1.54) is 18.3 Å². The zero-order valence-electron chi connectivity index (χ0n) is 7.29. The molecule has 1 aromatic heterocycles. The number of nitrogens with two attached hydrogens (primary N) is 1. The minimum absolute atomic E-state index is 0.270. The second-order valence-electron chi connectivity index (χ2n) is 2.83. The topological polar surface area (TPSA) is 66.7 Å². The normalized spacial score (nSPS) is 10.1. The SMILES string of the molecule is Nc1cn[nH]c1Nc1ccc(F)cc1. The van der Waals surface area contributed by atoms with Crippen molar-refractivity contribution in [3.63, 3.8) is 0 Å². The van der Waals surface area contributed by atoms with Crippen LogP contribution in [0, 0.1) is 5.82 Å². The number of rotatable bonds is 2. The molecule has 0 aliphatic carbocycles.